The number of halogens is 1. The molecule has 2 N–H and O–H groups in total. The maximum absolute atomic E-state index is 13.0. The first kappa shape index (κ1) is 22.0. The number of hydrogen-bond donors (Lipinski definition) is 2. The molecule has 0 unspecified atom stereocenters. The fourth-order valence-electron chi connectivity index (χ4n) is 3.29. The maximum Gasteiger partial charge on any atom is 0.255 e. The first-order valence-electron chi connectivity index (χ1n) is 10.4. The Morgan fingerprint density at radius 3 is 2.42 bits per heavy atom. The van der Waals surface area contributed by atoms with Gasteiger partial charge in [0.15, 0.2) is 0 Å². The summed E-state index contributed by atoms with van der Waals surface area (Å²) in [6.45, 7) is 4.38. The topological polar surface area (TPSA) is 70.2 Å². The number of rotatable bonds is 7. The van der Waals surface area contributed by atoms with Crippen molar-refractivity contribution in [3.8, 4) is 0 Å². The Balaban J connectivity index is 1.48. The molecule has 7 heteroatoms. The van der Waals surface area contributed by atoms with E-state index in [1.54, 1.807) is 6.08 Å². The van der Waals surface area contributed by atoms with Crippen LogP contribution in [0.15, 0.2) is 73.3 Å². The molecule has 33 heavy (non-hydrogen) atoms. The Morgan fingerprint density at radius 2 is 1.76 bits per heavy atom. The van der Waals surface area contributed by atoms with E-state index in [1.807, 2.05) is 61.5 Å². The zero-order valence-corrected chi connectivity index (χ0v) is 18.5. The van der Waals surface area contributed by atoms with Gasteiger partial charge in [-0.25, -0.2) is 9.37 Å². The highest BCUT2D eigenvalue weighted by Crippen LogP contribution is 2.25. The van der Waals surface area contributed by atoms with Gasteiger partial charge in [0.1, 0.15) is 11.6 Å². The summed E-state index contributed by atoms with van der Waals surface area (Å²) < 4.78 is 13.0. The predicted molar refractivity (Wildman–Crippen MR) is 132 cm³/mol. The molecule has 3 aromatic carbocycles. The summed E-state index contributed by atoms with van der Waals surface area (Å²) in [6, 6.07) is 18.9. The lowest BCUT2D eigenvalue weighted by molar-refractivity contribution is 0.102. The van der Waals surface area contributed by atoms with Crippen LogP contribution < -0.4 is 15.5 Å². The third-order valence-corrected chi connectivity index (χ3v) is 5.12. The van der Waals surface area contributed by atoms with Gasteiger partial charge in [0.05, 0.1) is 5.52 Å². The third kappa shape index (κ3) is 5.15. The van der Waals surface area contributed by atoms with E-state index in [0.717, 1.165) is 27.8 Å². The quantitative estimate of drug-likeness (QED) is 0.405. The Labute approximate surface area is 191 Å². The predicted octanol–water partition coefficient (Wildman–Crippen LogP) is 5.34. The van der Waals surface area contributed by atoms with Gasteiger partial charge in [-0.3, -0.25) is 4.79 Å². The molecule has 4 aromatic rings. The minimum atomic E-state index is -0.376. The lowest BCUT2D eigenvalue weighted by Crippen LogP contribution is -2.14. The molecule has 0 aliphatic rings. The largest absolute Gasteiger partial charge is 0.365 e. The number of carbonyl (C=O) groups excluding carboxylic acids is 1. The van der Waals surface area contributed by atoms with Crippen LogP contribution in [0.3, 0.4) is 0 Å². The van der Waals surface area contributed by atoms with Gasteiger partial charge in [0.2, 0.25) is 5.95 Å². The third-order valence-electron chi connectivity index (χ3n) is 5.12. The van der Waals surface area contributed by atoms with E-state index >= 15 is 0 Å². The summed E-state index contributed by atoms with van der Waals surface area (Å²) in [7, 11) is 3.81. The number of nitrogens with one attached hydrogen (secondary N) is 2. The molecule has 0 radical (unpaired) electrons. The van der Waals surface area contributed by atoms with Gasteiger partial charge in [-0.05, 0) is 59.7 Å². The number of fused-ring (bicyclic) bond motifs is 1. The summed E-state index contributed by atoms with van der Waals surface area (Å²) >= 11 is 0. The van der Waals surface area contributed by atoms with Crippen LogP contribution in [0, 0.1) is 5.82 Å². The number of carbonyl (C=O) groups is 1. The van der Waals surface area contributed by atoms with Crippen LogP contribution in [-0.4, -0.2) is 30.0 Å². The second-order valence-corrected chi connectivity index (χ2v) is 7.76. The monoisotopic (exact) mass is 441 g/mol. The van der Waals surface area contributed by atoms with Crippen molar-refractivity contribution in [1.29, 1.82) is 0 Å². The van der Waals surface area contributed by atoms with E-state index in [-0.39, 0.29) is 11.7 Å². The van der Waals surface area contributed by atoms with Gasteiger partial charge in [-0.2, -0.15) is 4.98 Å². The minimum absolute atomic E-state index is 0.288. The second kappa shape index (κ2) is 9.48. The van der Waals surface area contributed by atoms with Crippen molar-refractivity contribution < 1.29 is 9.18 Å². The van der Waals surface area contributed by atoms with Gasteiger partial charge in [-0.15, -0.1) is 0 Å². The molecule has 0 saturated heterocycles. The first-order chi connectivity index (χ1) is 15.9. The summed E-state index contributed by atoms with van der Waals surface area (Å²) in [5.41, 5.74) is 3.92. The molecule has 1 amide bonds. The van der Waals surface area contributed by atoms with Crippen LogP contribution in [0.5, 0.6) is 0 Å². The molecule has 166 valence electrons. The Hall–Kier alpha value is -4.26. The summed E-state index contributed by atoms with van der Waals surface area (Å²) in [4.78, 5) is 23.5. The van der Waals surface area contributed by atoms with Crippen LogP contribution in [0.2, 0.25) is 0 Å². The fraction of sp³-hybridized carbons (Fsp3) is 0.115. The smallest absolute Gasteiger partial charge is 0.255 e. The van der Waals surface area contributed by atoms with Crippen molar-refractivity contribution in [2.45, 2.75) is 6.54 Å². The number of nitrogens with zero attached hydrogens (tertiary/aromatic N) is 3. The summed E-state index contributed by atoms with van der Waals surface area (Å²) in [5.74, 6) is 0.695. The Bertz CT molecular complexity index is 1300. The fourth-order valence-corrected chi connectivity index (χ4v) is 3.29. The van der Waals surface area contributed by atoms with Crippen molar-refractivity contribution in [3.63, 3.8) is 0 Å². The number of aromatic nitrogens is 2. The zero-order chi connectivity index (χ0) is 23.4. The molecule has 0 fully saturated rings. The minimum Gasteiger partial charge on any atom is -0.365 e. The Kier molecular flexibility index (Phi) is 6.31. The molecule has 4 rings (SSSR count). The molecule has 0 aliphatic heterocycles. The second-order valence-electron chi connectivity index (χ2n) is 7.76. The highest BCUT2D eigenvalue weighted by atomic mass is 19.1. The molecule has 0 aliphatic carbocycles. The van der Waals surface area contributed by atoms with Gasteiger partial charge >= 0.3 is 0 Å². The highest BCUT2D eigenvalue weighted by Gasteiger charge is 2.10. The van der Waals surface area contributed by atoms with E-state index in [9.17, 15) is 9.18 Å². The molecule has 0 atom stereocenters. The van der Waals surface area contributed by atoms with E-state index in [2.05, 4.69) is 27.2 Å². The molecule has 1 aromatic heterocycles. The van der Waals surface area contributed by atoms with Crippen molar-refractivity contribution in [2.75, 3.05) is 29.6 Å². The summed E-state index contributed by atoms with van der Waals surface area (Å²) in [5, 5.41) is 7.14. The van der Waals surface area contributed by atoms with Crippen molar-refractivity contribution in [3.05, 3.63) is 95.8 Å². The average molecular weight is 442 g/mol. The number of hydrogen-bond acceptors (Lipinski definition) is 5. The van der Waals surface area contributed by atoms with Crippen LogP contribution in [0.25, 0.3) is 17.0 Å². The van der Waals surface area contributed by atoms with Crippen molar-refractivity contribution >= 4 is 40.3 Å². The first-order valence-corrected chi connectivity index (χ1v) is 10.4. The normalized spacial score (nSPS) is 10.6. The van der Waals surface area contributed by atoms with E-state index < -0.39 is 0 Å². The molecule has 0 saturated carbocycles. The highest BCUT2D eigenvalue weighted by molar-refractivity contribution is 6.04. The van der Waals surface area contributed by atoms with E-state index in [1.165, 1.54) is 24.3 Å². The van der Waals surface area contributed by atoms with E-state index in [4.69, 9.17) is 0 Å². The maximum atomic E-state index is 13.0. The molecule has 0 bridgehead atoms. The lowest BCUT2D eigenvalue weighted by Gasteiger charge is -2.15. The van der Waals surface area contributed by atoms with Gasteiger partial charge in [0.25, 0.3) is 5.91 Å². The number of amides is 1. The molecule has 1 heterocycles. The number of benzene rings is 3. The van der Waals surface area contributed by atoms with Gasteiger partial charge in [0, 0.05) is 37.3 Å². The zero-order valence-electron chi connectivity index (χ0n) is 18.5. The van der Waals surface area contributed by atoms with E-state index in [0.29, 0.717) is 23.7 Å². The molecule has 0 spiro atoms. The van der Waals surface area contributed by atoms with Gasteiger partial charge in [-0.1, -0.05) is 30.9 Å². The summed E-state index contributed by atoms with van der Waals surface area (Å²) in [6.07, 6.45) is 1.79. The standard InChI is InChI=1S/C26H24FN5O/c1-4-17-7-14-22-23(15-17)30-26(32(2)3)31-24(22)28-16-18-5-12-21(13-6-18)29-25(33)19-8-10-20(27)11-9-19/h4-15H,1,16H2,2-3H3,(H,29,33)(H,28,30,31). The molecular formula is C26H24FN5O. The van der Waals surface area contributed by atoms with Crippen LogP contribution in [0.1, 0.15) is 21.5 Å². The lowest BCUT2D eigenvalue weighted by atomic mass is 10.1. The Morgan fingerprint density at radius 1 is 1.03 bits per heavy atom. The average Bonchev–Trinajstić information content (AvgIpc) is 2.83. The van der Waals surface area contributed by atoms with Gasteiger partial charge < -0.3 is 15.5 Å². The molecular weight excluding hydrogens is 417 g/mol. The van der Waals surface area contributed by atoms with Crippen LogP contribution in [0.4, 0.5) is 21.8 Å². The van der Waals surface area contributed by atoms with Crippen molar-refractivity contribution in [2.24, 2.45) is 0 Å². The van der Waals surface area contributed by atoms with Crippen molar-refractivity contribution in [1.82, 2.24) is 9.97 Å². The van der Waals surface area contributed by atoms with Crippen LogP contribution in [-0.2, 0) is 6.54 Å². The molecule has 6 nitrogen and oxygen atoms in total. The SMILES string of the molecule is C=Cc1ccc2c(NCc3ccc(NC(=O)c4ccc(F)cc4)cc3)nc(N(C)C)nc2c1. The number of anilines is 3. The van der Waals surface area contributed by atoms with Crippen LogP contribution >= 0.6 is 0 Å².